The van der Waals surface area contributed by atoms with Crippen LogP contribution < -0.4 is 10.2 Å². The van der Waals surface area contributed by atoms with Crippen LogP contribution in [-0.4, -0.2) is 36.7 Å². The van der Waals surface area contributed by atoms with Crippen molar-refractivity contribution < 1.29 is 9.15 Å². The first-order valence-corrected chi connectivity index (χ1v) is 11.7. The normalized spacial score (nSPS) is 11.3. The van der Waals surface area contributed by atoms with Gasteiger partial charge in [-0.2, -0.15) is 0 Å². The van der Waals surface area contributed by atoms with Gasteiger partial charge in [0.05, 0.1) is 11.9 Å². The molecule has 5 nitrogen and oxygen atoms in total. The van der Waals surface area contributed by atoms with Gasteiger partial charge in [0.2, 0.25) is 5.71 Å². The fourth-order valence-electron chi connectivity index (χ4n) is 4.20. The first kappa shape index (κ1) is 22.7. The third-order valence-corrected chi connectivity index (χ3v) is 5.98. The van der Waals surface area contributed by atoms with Crippen LogP contribution in [0.3, 0.4) is 0 Å². The highest BCUT2D eigenvalue weighted by Crippen LogP contribution is 2.40. The van der Waals surface area contributed by atoms with Crippen molar-refractivity contribution in [3.63, 3.8) is 0 Å². The number of ether oxygens (including phenoxy) is 1. The predicted octanol–water partition coefficient (Wildman–Crippen LogP) is 5.92. The van der Waals surface area contributed by atoms with Crippen molar-refractivity contribution in [3.05, 3.63) is 113 Å². The molecule has 5 heteroatoms. The van der Waals surface area contributed by atoms with Crippen LogP contribution in [0.4, 0.5) is 0 Å². The maximum Gasteiger partial charge on any atom is 0.212 e. The molecule has 176 valence electrons. The molecule has 2 aromatic heterocycles. The Morgan fingerprint density at radius 1 is 0.829 bits per heavy atom. The number of hydrogen-bond donors (Lipinski definition) is 0. The molecule has 5 rings (SSSR count). The van der Waals surface area contributed by atoms with Gasteiger partial charge in [-0.15, -0.1) is 0 Å². The number of rotatable bonds is 8. The Balaban J connectivity index is 1.62. The summed E-state index contributed by atoms with van der Waals surface area (Å²) < 4.78 is 14.4. The average Bonchev–Trinajstić information content (AvgIpc) is 3.29. The molecule has 0 atom stereocenters. The Labute approximate surface area is 204 Å². The van der Waals surface area contributed by atoms with E-state index in [1.165, 1.54) is 0 Å². The monoisotopic (exact) mass is 464 g/mol. The minimum Gasteiger partial charge on any atom is -0.492 e. The zero-order chi connectivity index (χ0) is 24.2. The summed E-state index contributed by atoms with van der Waals surface area (Å²) in [5.74, 6) is 1.48. The van der Waals surface area contributed by atoms with Gasteiger partial charge in [-0.05, 0) is 49.5 Å². The maximum absolute atomic E-state index is 13.2. The second-order valence-corrected chi connectivity index (χ2v) is 8.82. The van der Waals surface area contributed by atoms with E-state index < -0.39 is 0 Å². The van der Waals surface area contributed by atoms with E-state index in [9.17, 15) is 4.79 Å². The molecule has 0 saturated heterocycles. The van der Waals surface area contributed by atoms with Crippen LogP contribution in [0, 0.1) is 0 Å². The van der Waals surface area contributed by atoms with Gasteiger partial charge in [-0.3, -0.25) is 4.79 Å². The zero-order valence-electron chi connectivity index (χ0n) is 20.0. The van der Waals surface area contributed by atoms with Gasteiger partial charge in [0.1, 0.15) is 18.1 Å². The predicted molar refractivity (Wildman–Crippen MR) is 141 cm³/mol. The molecule has 0 bridgehead atoms. The Morgan fingerprint density at radius 3 is 2.20 bits per heavy atom. The van der Waals surface area contributed by atoms with Crippen molar-refractivity contribution in [2.45, 2.75) is 6.54 Å². The molecule has 0 saturated carbocycles. The van der Waals surface area contributed by atoms with Crippen molar-refractivity contribution in [2.75, 3.05) is 27.2 Å². The van der Waals surface area contributed by atoms with E-state index in [2.05, 4.69) is 17.0 Å². The van der Waals surface area contributed by atoms with Crippen LogP contribution in [0.15, 0.2) is 106 Å². The second-order valence-electron chi connectivity index (χ2n) is 8.82. The van der Waals surface area contributed by atoms with E-state index in [0.29, 0.717) is 30.0 Å². The molecule has 5 aromatic rings. The first-order chi connectivity index (χ1) is 17.1. The number of hydrogen-bond acceptors (Lipinski definition) is 4. The SMILES string of the molecule is CN(C)CCOc1ccc(-c2oc3c(c2-c2ccccc2)c(=O)ccn3Cc2ccccc2)cc1. The largest absolute Gasteiger partial charge is 0.492 e. The molecule has 0 fully saturated rings. The molecular formula is C30H28N2O3. The number of furan rings is 1. The summed E-state index contributed by atoms with van der Waals surface area (Å²) in [6.45, 7) is 2.07. The van der Waals surface area contributed by atoms with Crippen LogP contribution in [0.25, 0.3) is 33.6 Å². The van der Waals surface area contributed by atoms with Crippen molar-refractivity contribution in [1.29, 1.82) is 0 Å². The van der Waals surface area contributed by atoms with E-state index >= 15 is 0 Å². The molecule has 35 heavy (non-hydrogen) atoms. The number of fused-ring (bicyclic) bond motifs is 1. The fraction of sp³-hybridized carbons (Fsp3) is 0.167. The van der Waals surface area contributed by atoms with Gasteiger partial charge >= 0.3 is 0 Å². The van der Waals surface area contributed by atoms with Crippen LogP contribution in [0.1, 0.15) is 5.56 Å². The van der Waals surface area contributed by atoms with E-state index in [1.807, 2.05) is 91.5 Å². The summed E-state index contributed by atoms with van der Waals surface area (Å²) in [6, 6.07) is 29.6. The van der Waals surface area contributed by atoms with Crippen LogP contribution >= 0.6 is 0 Å². The standard InChI is InChI=1S/C30H28N2O3/c1-31(2)19-20-34-25-15-13-24(14-16-25)29-27(23-11-7-4-8-12-23)28-26(33)17-18-32(30(28)35-29)21-22-9-5-3-6-10-22/h3-18H,19-21H2,1-2H3. The van der Waals surface area contributed by atoms with Crippen LogP contribution in [0.2, 0.25) is 0 Å². The third-order valence-electron chi connectivity index (χ3n) is 5.98. The Bertz CT molecular complexity index is 1470. The van der Waals surface area contributed by atoms with E-state index in [0.717, 1.165) is 34.5 Å². The number of pyridine rings is 1. The summed E-state index contributed by atoms with van der Waals surface area (Å²) >= 11 is 0. The molecule has 2 heterocycles. The quantitative estimate of drug-likeness (QED) is 0.286. The number of aromatic nitrogens is 1. The molecule has 0 spiro atoms. The van der Waals surface area contributed by atoms with Gasteiger partial charge in [-0.25, -0.2) is 0 Å². The minimum atomic E-state index is -0.0539. The number of nitrogens with zero attached hydrogens (tertiary/aromatic N) is 2. The topological polar surface area (TPSA) is 47.6 Å². The number of benzene rings is 3. The van der Waals surface area contributed by atoms with Crippen molar-refractivity contribution in [2.24, 2.45) is 0 Å². The van der Waals surface area contributed by atoms with Gasteiger partial charge in [0, 0.05) is 29.9 Å². The highest BCUT2D eigenvalue weighted by Gasteiger charge is 2.22. The molecule has 0 N–H and O–H groups in total. The Hall–Kier alpha value is -4.09. The van der Waals surface area contributed by atoms with Crippen LogP contribution in [0.5, 0.6) is 5.75 Å². The first-order valence-electron chi connectivity index (χ1n) is 11.7. The lowest BCUT2D eigenvalue weighted by Gasteiger charge is -2.11. The van der Waals surface area contributed by atoms with Crippen molar-refractivity contribution in [1.82, 2.24) is 9.47 Å². The summed E-state index contributed by atoms with van der Waals surface area (Å²) in [5.41, 5.74) is 4.31. The highest BCUT2D eigenvalue weighted by atomic mass is 16.5. The van der Waals surface area contributed by atoms with Crippen LogP contribution in [-0.2, 0) is 6.54 Å². The summed E-state index contributed by atoms with van der Waals surface area (Å²) in [6.07, 6.45) is 1.81. The van der Waals surface area contributed by atoms with Crippen molar-refractivity contribution >= 4 is 11.1 Å². The lowest BCUT2D eigenvalue weighted by atomic mass is 9.99. The van der Waals surface area contributed by atoms with E-state index in [4.69, 9.17) is 9.15 Å². The van der Waals surface area contributed by atoms with E-state index in [1.54, 1.807) is 12.3 Å². The highest BCUT2D eigenvalue weighted by molar-refractivity contribution is 6.00. The molecule has 0 aliphatic rings. The third kappa shape index (κ3) is 4.91. The molecule has 0 unspecified atom stereocenters. The van der Waals surface area contributed by atoms with Gasteiger partial charge < -0.3 is 18.6 Å². The lowest BCUT2D eigenvalue weighted by molar-refractivity contribution is 0.261. The summed E-state index contributed by atoms with van der Waals surface area (Å²) in [5, 5.41) is 0.593. The van der Waals surface area contributed by atoms with Gasteiger partial charge in [-0.1, -0.05) is 60.7 Å². The van der Waals surface area contributed by atoms with E-state index in [-0.39, 0.29) is 5.43 Å². The molecular weight excluding hydrogens is 436 g/mol. The molecule has 0 aliphatic carbocycles. The smallest absolute Gasteiger partial charge is 0.212 e. The summed E-state index contributed by atoms with van der Waals surface area (Å²) in [7, 11) is 4.04. The minimum absolute atomic E-state index is 0.0539. The Kier molecular flexibility index (Phi) is 6.51. The molecule has 0 radical (unpaired) electrons. The van der Waals surface area contributed by atoms with Crippen molar-refractivity contribution in [3.8, 4) is 28.2 Å². The molecule has 3 aromatic carbocycles. The lowest BCUT2D eigenvalue weighted by Crippen LogP contribution is -2.19. The molecule has 0 aliphatic heterocycles. The van der Waals surface area contributed by atoms with Gasteiger partial charge in [0.25, 0.3) is 0 Å². The fourth-order valence-corrected chi connectivity index (χ4v) is 4.20. The zero-order valence-corrected chi connectivity index (χ0v) is 20.0. The molecule has 0 amide bonds. The second kappa shape index (κ2) is 10.0. The maximum atomic E-state index is 13.2. The average molecular weight is 465 g/mol. The summed E-state index contributed by atoms with van der Waals surface area (Å²) in [4.78, 5) is 15.2. The Morgan fingerprint density at radius 2 is 1.51 bits per heavy atom. The number of likely N-dealkylation sites (N-methyl/N-ethyl adjacent to an activating group) is 1. The van der Waals surface area contributed by atoms with Gasteiger partial charge in [0.15, 0.2) is 5.43 Å².